The van der Waals surface area contributed by atoms with E-state index in [1.807, 2.05) is 18.6 Å². The Morgan fingerprint density at radius 2 is 2.14 bits per heavy atom. The lowest BCUT2D eigenvalue weighted by Gasteiger charge is -2.14. The molecule has 2 heterocycles. The van der Waals surface area contributed by atoms with E-state index in [1.54, 1.807) is 0 Å². The highest BCUT2D eigenvalue weighted by molar-refractivity contribution is 9.09. The maximum absolute atomic E-state index is 4.36. The van der Waals surface area contributed by atoms with E-state index in [1.165, 1.54) is 5.56 Å². The van der Waals surface area contributed by atoms with Crippen LogP contribution in [-0.2, 0) is 0 Å². The number of hydrogen-bond donors (Lipinski definition) is 0. The molecule has 0 N–H and O–H groups in total. The van der Waals surface area contributed by atoms with Crippen LogP contribution in [0.1, 0.15) is 25.3 Å². The highest BCUT2D eigenvalue weighted by atomic mass is 79.9. The van der Waals surface area contributed by atoms with Gasteiger partial charge in [-0.05, 0) is 17.5 Å². The number of hydrogen-bond acceptors (Lipinski definition) is 1. The van der Waals surface area contributed by atoms with Gasteiger partial charge in [-0.2, -0.15) is 0 Å². The molecule has 74 valence electrons. The van der Waals surface area contributed by atoms with Crippen LogP contribution in [0.2, 0.25) is 0 Å². The third kappa shape index (κ3) is 1.57. The normalized spacial score (nSPS) is 15.6. The van der Waals surface area contributed by atoms with Crippen molar-refractivity contribution in [1.29, 1.82) is 0 Å². The Morgan fingerprint density at radius 1 is 1.36 bits per heavy atom. The molecule has 2 nitrogen and oxygen atoms in total. The predicted octanol–water partition coefficient (Wildman–Crippen LogP) is 3.22. The highest BCUT2D eigenvalue weighted by Crippen LogP contribution is 2.26. The van der Waals surface area contributed by atoms with Crippen LogP contribution in [0.3, 0.4) is 0 Å². The molecule has 0 radical (unpaired) electrons. The van der Waals surface area contributed by atoms with Crippen molar-refractivity contribution in [3.8, 4) is 0 Å². The summed E-state index contributed by atoms with van der Waals surface area (Å²) >= 11 is 3.61. The molecule has 0 aliphatic carbocycles. The third-order valence-electron chi connectivity index (χ3n) is 2.63. The van der Waals surface area contributed by atoms with Gasteiger partial charge in [-0.1, -0.05) is 35.8 Å². The molecule has 0 aliphatic heterocycles. The second kappa shape index (κ2) is 3.73. The number of imidazole rings is 1. The summed E-state index contributed by atoms with van der Waals surface area (Å²) in [7, 11) is 0. The molecule has 2 unspecified atom stereocenters. The summed E-state index contributed by atoms with van der Waals surface area (Å²) in [6.07, 6.45) is 5.84. The Bertz CT molecular complexity index is 434. The summed E-state index contributed by atoms with van der Waals surface area (Å²) < 4.78 is 2.06. The van der Waals surface area contributed by atoms with E-state index in [2.05, 4.69) is 51.3 Å². The number of nitrogens with zero attached hydrogens (tertiary/aromatic N) is 2. The van der Waals surface area contributed by atoms with Gasteiger partial charge in [0, 0.05) is 23.4 Å². The molecule has 2 atom stereocenters. The molecular weight excluding hydrogens is 240 g/mol. The minimum Gasteiger partial charge on any atom is -0.307 e. The van der Waals surface area contributed by atoms with Gasteiger partial charge in [0.25, 0.3) is 0 Å². The summed E-state index contributed by atoms with van der Waals surface area (Å²) in [5.41, 5.74) is 2.35. The van der Waals surface area contributed by atoms with E-state index in [4.69, 9.17) is 0 Å². The lowest BCUT2D eigenvalue weighted by molar-refractivity contribution is 0.761. The molecule has 2 aromatic rings. The van der Waals surface area contributed by atoms with Crippen LogP contribution in [0.25, 0.3) is 5.65 Å². The van der Waals surface area contributed by atoms with Crippen molar-refractivity contribution in [2.45, 2.75) is 24.6 Å². The topological polar surface area (TPSA) is 17.3 Å². The molecule has 2 aromatic heterocycles. The minimum atomic E-state index is 0.463. The monoisotopic (exact) mass is 252 g/mol. The maximum Gasteiger partial charge on any atom is 0.140 e. The highest BCUT2D eigenvalue weighted by Gasteiger charge is 2.14. The van der Waals surface area contributed by atoms with E-state index in [9.17, 15) is 0 Å². The summed E-state index contributed by atoms with van der Waals surface area (Å²) in [6, 6.07) is 4.21. The minimum absolute atomic E-state index is 0.463. The van der Waals surface area contributed by atoms with Crippen LogP contribution in [0.15, 0.2) is 30.7 Å². The second-order valence-electron chi connectivity index (χ2n) is 3.59. The average Bonchev–Trinajstić information content (AvgIpc) is 2.63. The van der Waals surface area contributed by atoms with Crippen molar-refractivity contribution < 1.29 is 0 Å². The standard InChI is InChI=1S/C11H13BrN2/c1-8(9(2)12)10-4-3-6-14-7-5-13-11(10)14/h3-9H,1-2H3. The largest absolute Gasteiger partial charge is 0.307 e. The van der Waals surface area contributed by atoms with Gasteiger partial charge in [-0.3, -0.25) is 0 Å². The SMILES string of the molecule is CC(Br)C(C)c1cccn2ccnc12. The quantitative estimate of drug-likeness (QED) is 0.751. The first-order valence-electron chi connectivity index (χ1n) is 4.76. The molecule has 0 amide bonds. The molecule has 0 spiro atoms. The van der Waals surface area contributed by atoms with Crippen LogP contribution < -0.4 is 0 Å². The molecule has 0 fully saturated rings. The van der Waals surface area contributed by atoms with Gasteiger partial charge >= 0.3 is 0 Å². The molecular formula is C11H13BrN2. The van der Waals surface area contributed by atoms with Crippen molar-refractivity contribution in [2.24, 2.45) is 0 Å². The van der Waals surface area contributed by atoms with Crippen molar-refractivity contribution in [1.82, 2.24) is 9.38 Å². The van der Waals surface area contributed by atoms with Gasteiger partial charge in [0.2, 0.25) is 0 Å². The molecule has 0 saturated heterocycles. The van der Waals surface area contributed by atoms with Gasteiger partial charge in [0.15, 0.2) is 0 Å². The van der Waals surface area contributed by atoms with Gasteiger partial charge < -0.3 is 4.40 Å². The fourth-order valence-corrected chi connectivity index (χ4v) is 1.86. The van der Waals surface area contributed by atoms with Gasteiger partial charge in [-0.15, -0.1) is 0 Å². The number of fused-ring (bicyclic) bond motifs is 1. The number of alkyl halides is 1. The van der Waals surface area contributed by atoms with E-state index in [-0.39, 0.29) is 0 Å². The fourth-order valence-electron chi connectivity index (χ4n) is 1.57. The zero-order chi connectivity index (χ0) is 10.1. The molecule has 14 heavy (non-hydrogen) atoms. The molecule has 0 saturated carbocycles. The van der Waals surface area contributed by atoms with Crippen LogP contribution in [0, 0.1) is 0 Å². The zero-order valence-corrected chi connectivity index (χ0v) is 9.90. The van der Waals surface area contributed by atoms with Gasteiger partial charge in [-0.25, -0.2) is 4.98 Å². The second-order valence-corrected chi connectivity index (χ2v) is 5.03. The first-order chi connectivity index (χ1) is 6.70. The lowest BCUT2D eigenvalue weighted by Crippen LogP contribution is -2.06. The van der Waals surface area contributed by atoms with Crippen molar-refractivity contribution in [3.05, 3.63) is 36.3 Å². The number of pyridine rings is 1. The van der Waals surface area contributed by atoms with E-state index in [0.717, 1.165) is 5.65 Å². The summed E-state index contributed by atoms with van der Waals surface area (Å²) in [5, 5.41) is 0. The first kappa shape index (κ1) is 9.71. The van der Waals surface area contributed by atoms with Gasteiger partial charge in [0.05, 0.1) is 0 Å². The maximum atomic E-state index is 4.36. The van der Waals surface area contributed by atoms with Crippen LogP contribution in [-0.4, -0.2) is 14.2 Å². The number of rotatable bonds is 2. The van der Waals surface area contributed by atoms with E-state index >= 15 is 0 Å². The number of halogens is 1. The van der Waals surface area contributed by atoms with Crippen molar-refractivity contribution >= 4 is 21.6 Å². The zero-order valence-electron chi connectivity index (χ0n) is 8.31. The lowest BCUT2D eigenvalue weighted by atomic mass is 10.00. The summed E-state index contributed by atoms with van der Waals surface area (Å²) in [4.78, 5) is 4.83. The first-order valence-corrected chi connectivity index (χ1v) is 5.67. The Morgan fingerprint density at radius 3 is 2.86 bits per heavy atom. The van der Waals surface area contributed by atoms with E-state index < -0.39 is 0 Å². The van der Waals surface area contributed by atoms with E-state index in [0.29, 0.717) is 10.7 Å². The van der Waals surface area contributed by atoms with Crippen LogP contribution in [0.5, 0.6) is 0 Å². The molecule has 0 bridgehead atoms. The Balaban J connectivity index is 2.56. The average molecular weight is 253 g/mol. The Labute approximate surface area is 92.1 Å². The molecule has 0 aromatic carbocycles. The molecule has 0 aliphatic rings. The van der Waals surface area contributed by atoms with Crippen LogP contribution in [0.4, 0.5) is 0 Å². The Kier molecular flexibility index (Phi) is 2.59. The van der Waals surface area contributed by atoms with Crippen LogP contribution >= 0.6 is 15.9 Å². The predicted molar refractivity (Wildman–Crippen MR) is 62.0 cm³/mol. The smallest absolute Gasteiger partial charge is 0.140 e. The number of aromatic nitrogens is 2. The third-order valence-corrected chi connectivity index (χ3v) is 3.42. The van der Waals surface area contributed by atoms with Crippen molar-refractivity contribution in [2.75, 3.05) is 0 Å². The molecule has 3 heteroatoms. The summed E-state index contributed by atoms with van der Waals surface area (Å²) in [6.45, 7) is 4.38. The van der Waals surface area contributed by atoms with Crippen molar-refractivity contribution in [3.63, 3.8) is 0 Å². The fraction of sp³-hybridized carbons (Fsp3) is 0.364. The molecule has 2 rings (SSSR count). The summed E-state index contributed by atoms with van der Waals surface area (Å²) in [5.74, 6) is 0.473. The Hall–Kier alpha value is -0.830. The van der Waals surface area contributed by atoms with Gasteiger partial charge in [0.1, 0.15) is 5.65 Å².